The number of hydrogen-bond donors (Lipinski definition) is 1. The molecule has 0 spiro atoms. The summed E-state index contributed by atoms with van der Waals surface area (Å²) in [6, 6.07) is 6.37. The van der Waals surface area contributed by atoms with Gasteiger partial charge in [0.15, 0.2) is 29.0 Å². The molecule has 0 bridgehead atoms. The average Bonchev–Trinajstić information content (AvgIpc) is 2.41. The molecule has 0 heterocycles. The van der Waals surface area contributed by atoms with Crippen LogP contribution < -0.4 is 4.74 Å². The summed E-state index contributed by atoms with van der Waals surface area (Å²) in [5, 5.41) is 9.69. The van der Waals surface area contributed by atoms with E-state index in [1.54, 1.807) is 0 Å². The molecule has 1 N–H and O–H groups in total. The van der Waals surface area contributed by atoms with E-state index in [9.17, 15) is 22.7 Å². The zero-order chi connectivity index (χ0) is 14.7. The van der Waals surface area contributed by atoms with Crippen LogP contribution in [-0.2, 0) is 0 Å². The molecule has 2 aromatic rings. The molecule has 0 aliphatic carbocycles. The highest BCUT2D eigenvalue weighted by atomic mass is 19.2. The Morgan fingerprint density at radius 1 is 0.900 bits per heavy atom. The molecule has 1 atom stereocenters. The predicted octanol–water partition coefficient (Wildman–Crippen LogP) is 3.36. The lowest BCUT2D eigenvalue weighted by molar-refractivity contribution is 0.0993. The van der Waals surface area contributed by atoms with Gasteiger partial charge in [-0.15, -0.1) is 0 Å². The number of ether oxygens (including phenoxy) is 1. The minimum atomic E-state index is -1.55. The van der Waals surface area contributed by atoms with Crippen molar-refractivity contribution in [1.29, 1.82) is 0 Å². The topological polar surface area (TPSA) is 29.5 Å². The molecular weight excluding hydrogens is 276 g/mol. The van der Waals surface area contributed by atoms with Gasteiger partial charge >= 0.3 is 0 Å². The Bertz CT molecular complexity index is 596. The summed E-state index contributed by atoms with van der Waals surface area (Å²) in [5.74, 6) is -4.92. The van der Waals surface area contributed by atoms with Gasteiger partial charge in [-0.2, -0.15) is 0 Å². The van der Waals surface area contributed by atoms with E-state index in [2.05, 4.69) is 0 Å². The minimum Gasteiger partial charge on any atom is -0.484 e. The molecule has 20 heavy (non-hydrogen) atoms. The van der Waals surface area contributed by atoms with E-state index in [0.29, 0.717) is 0 Å². The Kier molecular flexibility index (Phi) is 4.24. The fraction of sp³-hybridized carbons (Fsp3) is 0.143. The largest absolute Gasteiger partial charge is 0.484 e. The monoisotopic (exact) mass is 286 g/mol. The van der Waals surface area contributed by atoms with E-state index in [0.717, 1.165) is 30.3 Å². The lowest BCUT2D eigenvalue weighted by Gasteiger charge is -2.14. The second kappa shape index (κ2) is 5.92. The van der Waals surface area contributed by atoms with E-state index in [4.69, 9.17) is 4.74 Å². The number of rotatable bonds is 4. The molecule has 0 aliphatic heterocycles. The molecule has 2 nitrogen and oxygen atoms in total. The lowest BCUT2D eigenvalue weighted by Crippen LogP contribution is -2.13. The summed E-state index contributed by atoms with van der Waals surface area (Å²) in [6.07, 6.45) is -1.55. The van der Waals surface area contributed by atoms with Crippen molar-refractivity contribution in [2.45, 2.75) is 6.10 Å². The summed E-state index contributed by atoms with van der Waals surface area (Å²) < 4.78 is 57.7. The van der Waals surface area contributed by atoms with Gasteiger partial charge in [-0.3, -0.25) is 0 Å². The molecular formula is C14H10F4O2. The molecule has 0 aliphatic rings. The quantitative estimate of drug-likeness (QED) is 0.873. The molecule has 106 valence electrons. The Morgan fingerprint density at radius 3 is 2.10 bits per heavy atom. The van der Waals surface area contributed by atoms with Crippen LogP contribution in [-0.4, -0.2) is 11.7 Å². The van der Waals surface area contributed by atoms with Crippen LogP contribution in [0.5, 0.6) is 5.75 Å². The maximum absolute atomic E-state index is 13.4. The first-order chi connectivity index (χ1) is 9.50. The van der Waals surface area contributed by atoms with Crippen LogP contribution in [0.4, 0.5) is 17.6 Å². The highest BCUT2D eigenvalue weighted by Gasteiger charge is 2.18. The van der Waals surface area contributed by atoms with Gasteiger partial charge in [0.2, 0.25) is 0 Å². The number of halogens is 4. The van der Waals surface area contributed by atoms with Gasteiger partial charge in [0.1, 0.15) is 12.7 Å². The lowest BCUT2D eigenvalue weighted by atomic mass is 10.1. The third kappa shape index (κ3) is 2.91. The van der Waals surface area contributed by atoms with E-state index in [1.807, 2.05) is 0 Å². The van der Waals surface area contributed by atoms with Crippen molar-refractivity contribution in [3.05, 3.63) is 65.2 Å². The van der Waals surface area contributed by atoms with Crippen molar-refractivity contribution in [3.8, 4) is 5.75 Å². The number of benzene rings is 2. The highest BCUT2D eigenvalue weighted by molar-refractivity contribution is 5.27. The van der Waals surface area contributed by atoms with Crippen molar-refractivity contribution >= 4 is 0 Å². The number of hydrogen-bond acceptors (Lipinski definition) is 2. The van der Waals surface area contributed by atoms with Gasteiger partial charge in [-0.05, 0) is 18.2 Å². The molecule has 1 unspecified atom stereocenters. The Balaban J connectivity index is 2.13. The molecule has 0 aromatic heterocycles. The standard InChI is InChI=1S/C14H10F4O2/c15-9-4-1-3-8(13(9)18)12(19)7-20-14-10(16)5-2-6-11(14)17/h1-6,12,19H,7H2. The molecule has 6 heteroatoms. The smallest absolute Gasteiger partial charge is 0.190 e. The molecule has 0 amide bonds. The third-order valence-electron chi connectivity index (χ3n) is 2.64. The van der Waals surface area contributed by atoms with Crippen molar-refractivity contribution in [2.24, 2.45) is 0 Å². The van der Waals surface area contributed by atoms with Crippen LogP contribution in [0.25, 0.3) is 0 Å². The van der Waals surface area contributed by atoms with Gasteiger partial charge in [0, 0.05) is 5.56 Å². The van der Waals surface area contributed by atoms with E-state index in [1.165, 1.54) is 6.07 Å². The zero-order valence-corrected chi connectivity index (χ0v) is 10.1. The maximum atomic E-state index is 13.4. The van der Waals surface area contributed by atoms with Crippen LogP contribution in [0, 0.1) is 23.3 Å². The zero-order valence-electron chi connectivity index (χ0n) is 10.1. The van der Waals surface area contributed by atoms with Crippen LogP contribution in [0.3, 0.4) is 0 Å². The van der Waals surface area contributed by atoms with Gasteiger partial charge in [0.05, 0.1) is 0 Å². The van der Waals surface area contributed by atoms with Crippen molar-refractivity contribution < 1.29 is 27.4 Å². The van der Waals surface area contributed by atoms with E-state index >= 15 is 0 Å². The van der Waals surface area contributed by atoms with Crippen LogP contribution in [0.2, 0.25) is 0 Å². The van der Waals surface area contributed by atoms with Gasteiger partial charge < -0.3 is 9.84 Å². The van der Waals surface area contributed by atoms with Gasteiger partial charge in [-0.1, -0.05) is 18.2 Å². The fourth-order valence-electron chi connectivity index (χ4n) is 1.65. The molecule has 0 fully saturated rings. The second-order valence-electron chi connectivity index (χ2n) is 4.02. The SMILES string of the molecule is OC(COc1c(F)cccc1F)c1cccc(F)c1F. The summed E-state index contributed by atoms with van der Waals surface area (Å²) in [6.45, 7) is -0.613. The molecule has 0 saturated heterocycles. The Labute approximate surface area is 112 Å². The predicted molar refractivity (Wildman–Crippen MR) is 63.2 cm³/mol. The molecule has 0 saturated carbocycles. The summed E-state index contributed by atoms with van der Waals surface area (Å²) in [4.78, 5) is 0. The van der Waals surface area contributed by atoms with Crippen LogP contribution >= 0.6 is 0 Å². The molecule has 2 rings (SSSR count). The van der Waals surface area contributed by atoms with Crippen molar-refractivity contribution in [2.75, 3.05) is 6.61 Å². The number of para-hydroxylation sites is 1. The number of aliphatic hydroxyl groups excluding tert-OH is 1. The van der Waals surface area contributed by atoms with Crippen LogP contribution in [0.1, 0.15) is 11.7 Å². The third-order valence-corrected chi connectivity index (χ3v) is 2.64. The number of aliphatic hydroxyl groups is 1. The molecule has 2 aromatic carbocycles. The van der Waals surface area contributed by atoms with Crippen molar-refractivity contribution in [1.82, 2.24) is 0 Å². The second-order valence-corrected chi connectivity index (χ2v) is 4.02. The normalized spacial score (nSPS) is 12.2. The minimum absolute atomic E-state index is 0.346. The Morgan fingerprint density at radius 2 is 1.45 bits per heavy atom. The Hall–Kier alpha value is -2.08. The molecule has 0 radical (unpaired) electrons. The first-order valence-corrected chi connectivity index (χ1v) is 5.69. The fourth-order valence-corrected chi connectivity index (χ4v) is 1.65. The van der Waals surface area contributed by atoms with Gasteiger partial charge in [-0.25, -0.2) is 17.6 Å². The van der Waals surface area contributed by atoms with Crippen LogP contribution in [0.15, 0.2) is 36.4 Å². The summed E-state index contributed by atoms with van der Waals surface area (Å²) in [5.41, 5.74) is -0.346. The first kappa shape index (κ1) is 14.3. The van der Waals surface area contributed by atoms with Gasteiger partial charge in [0.25, 0.3) is 0 Å². The van der Waals surface area contributed by atoms with Crippen molar-refractivity contribution in [3.63, 3.8) is 0 Å². The van der Waals surface area contributed by atoms with E-state index < -0.39 is 41.7 Å². The summed E-state index contributed by atoms with van der Waals surface area (Å²) in [7, 11) is 0. The maximum Gasteiger partial charge on any atom is 0.190 e. The first-order valence-electron chi connectivity index (χ1n) is 5.69. The summed E-state index contributed by atoms with van der Waals surface area (Å²) >= 11 is 0. The van der Waals surface area contributed by atoms with E-state index in [-0.39, 0.29) is 5.56 Å². The highest BCUT2D eigenvalue weighted by Crippen LogP contribution is 2.24. The average molecular weight is 286 g/mol.